The topological polar surface area (TPSA) is 77.2 Å². The minimum Gasteiger partial charge on any atom is -0.377 e. The highest BCUT2D eigenvalue weighted by Gasteiger charge is 2.55. The smallest absolute Gasteiger partial charge is 0.227 e. The lowest BCUT2D eigenvalue weighted by atomic mass is 9.75. The number of halogens is 1. The van der Waals surface area contributed by atoms with E-state index in [0.29, 0.717) is 53.0 Å². The van der Waals surface area contributed by atoms with Gasteiger partial charge in [-0.25, -0.2) is 5.01 Å². The van der Waals surface area contributed by atoms with E-state index in [4.69, 9.17) is 4.74 Å². The number of alkyl halides is 1. The summed E-state index contributed by atoms with van der Waals surface area (Å²) in [5.41, 5.74) is 4.09. The zero-order chi connectivity index (χ0) is 32.2. The fourth-order valence-corrected chi connectivity index (χ4v) is 10.4. The molecule has 0 bridgehead atoms. The Hall–Kier alpha value is -0.840. The Morgan fingerprint density at radius 1 is 1.07 bits per heavy atom. The Kier molecular flexibility index (Phi) is 12.6. The number of nitrogens with one attached hydrogen (secondary N) is 2. The molecule has 9 heteroatoms. The molecule has 6 fully saturated rings. The highest BCUT2D eigenvalue weighted by Crippen LogP contribution is 2.44. The number of rotatable bonds is 9. The number of carbonyl (C=O) groups is 2. The van der Waals surface area contributed by atoms with Gasteiger partial charge in [0.2, 0.25) is 5.91 Å². The van der Waals surface area contributed by atoms with Gasteiger partial charge < -0.3 is 9.64 Å². The molecule has 0 spiro atoms. The van der Waals surface area contributed by atoms with Crippen molar-refractivity contribution in [2.24, 2.45) is 23.7 Å². The van der Waals surface area contributed by atoms with Crippen molar-refractivity contribution in [1.29, 1.82) is 0 Å². The first kappa shape index (κ1) is 35.5. The van der Waals surface area contributed by atoms with Crippen LogP contribution in [0.15, 0.2) is 12.7 Å². The number of amides is 1. The van der Waals surface area contributed by atoms with Crippen molar-refractivity contribution in [2.75, 3.05) is 26.4 Å². The molecule has 6 rings (SSSR count). The fourth-order valence-electron chi connectivity index (χ4n) is 9.66. The van der Waals surface area contributed by atoms with Crippen LogP contribution >= 0.6 is 15.9 Å². The van der Waals surface area contributed by atoms with Gasteiger partial charge in [-0.2, -0.15) is 0 Å². The minimum absolute atomic E-state index is 0.0185. The Labute approximate surface area is 281 Å². The van der Waals surface area contributed by atoms with Gasteiger partial charge in [0.05, 0.1) is 12.0 Å². The van der Waals surface area contributed by atoms with Crippen LogP contribution in [0.2, 0.25) is 0 Å². The monoisotopic (exact) mass is 691 g/mol. The third-order valence-electron chi connectivity index (χ3n) is 12.2. The average Bonchev–Trinajstić information content (AvgIpc) is 3.61. The molecule has 8 nitrogen and oxygen atoms in total. The van der Waals surface area contributed by atoms with Crippen LogP contribution in [0.25, 0.3) is 0 Å². The number of piperidine rings is 1. The van der Waals surface area contributed by atoms with Crippen molar-refractivity contribution >= 4 is 27.6 Å². The molecular formula is C36H62BrN5O3. The van der Waals surface area contributed by atoms with Crippen LogP contribution in [0.4, 0.5) is 0 Å². The summed E-state index contributed by atoms with van der Waals surface area (Å²) < 4.78 is 5.82. The second-order valence-electron chi connectivity index (χ2n) is 15.1. The normalized spacial score (nSPS) is 40.2. The molecule has 0 aromatic rings. The first-order chi connectivity index (χ1) is 21.7. The largest absolute Gasteiger partial charge is 0.377 e. The van der Waals surface area contributed by atoms with Crippen LogP contribution in [0.5, 0.6) is 0 Å². The lowest BCUT2D eigenvalue weighted by molar-refractivity contribution is -0.146. The van der Waals surface area contributed by atoms with Crippen molar-refractivity contribution in [3.63, 3.8) is 0 Å². The molecule has 1 amide bonds. The van der Waals surface area contributed by atoms with Gasteiger partial charge in [-0.3, -0.25) is 25.2 Å². The molecule has 2 aliphatic carbocycles. The zero-order valence-corrected chi connectivity index (χ0v) is 30.3. The molecule has 45 heavy (non-hydrogen) atoms. The quantitative estimate of drug-likeness (QED) is 0.244. The van der Waals surface area contributed by atoms with E-state index in [2.05, 4.69) is 75.8 Å². The third kappa shape index (κ3) is 7.75. The van der Waals surface area contributed by atoms with Crippen molar-refractivity contribution in [1.82, 2.24) is 25.6 Å². The van der Waals surface area contributed by atoms with Crippen LogP contribution in [0, 0.1) is 23.7 Å². The maximum atomic E-state index is 14.6. The number of ether oxygens (including phenoxy) is 1. The lowest BCUT2D eigenvalue weighted by Crippen LogP contribution is -2.61. The summed E-state index contributed by atoms with van der Waals surface area (Å²) in [4.78, 5) is 29.7. The highest BCUT2D eigenvalue weighted by atomic mass is 79.9. The van der Waals surface area contributed by atoms with Gasteiger partial charge in [0, 0.05) is 73.4 Å². The van der Waals surface area contributed by atoms with Gasteiger partial charge in [0.1, 0.15) is 0 Å². The van der Waals surface area contributed by atoms with E-state index in [-0.39, 0.29) is 17.7 Å². The van der Waals surface area contributed by atoms with Crippen LogP contribution < -0.4 is 10.7 Å². The number of hydrogen-bond donors (Lipinski definition) is 2. The van der Waals surface area contributed by atoms with Crippen molar-refractivity contribution < 1.29 is 14.3 Å². The molecule has 4 saturated heterocycles. The molecule has 4 aliphatic heterocycles. The number of hydrazine groups is 1. The molecule has 0 radical (unpaired) electrons. The number of fused-ring (bicyclic) bond motifs is 2. The van der Waals surface area contributed by atoms with Crippen molar-refractivity contribution in [2.45, 2.75) is 152 Å². The maximum Gasteiger partial charge on any atom is 0.227 e. The summed E-state index contributed by atoms with van der Waals surface area (Å²) in [6.07, 6.45) is 14.8. The average molecular weight is 693 g/mol. The SMILES string of the molecule is C=CC(C)=O.CCCC1NN(C2CCC(C(C)C)CC2)C2CCN(C(=O)C3CCC(Br)C4NCN(CC5CCO5)C34)C(CC)C12. The predicted molar refractivity (Wildman–Crippen MR) is 185 cm³/mol. The second-order valence-corrected chi connectivity index (χ2v) is 16.3. The maximum absolute atomic E-state index is 14.6. The molecule has 2 saturated carbocycles. The number of hydrogen-bond acceptors (Lipinski definition) is 7. The zero-order valence-electron chi connectivity index (χ0n) is 28.8. The molecular weight excluding hydrogens is 630 g/mol. The first-order valence-corrected chi connectivity index (χ1v) is 19.3. The number of nitrogens with zero attached hydrogens (tertiary/aromatic N) is 3. The highest BCUT2D eigenvalue weighted by molar-refractivity contribution is 9.09. The Balaban J connectivity index is 0.000000743. The number of ketones is 1. The standard InChI is InChI=1S/C32H56BrN5O2.C4H6O/c1-5-7-26-29-27(6-2)37(16-14-28(29)38(35-26)22-10-8-21(9-11-22)20(3)4)32(39)24-12-13-25(33)30-31(24)36(19-34-30)18-23-15-17-40-23;1-3-4(2)5/h20-31,34-35H,5-19H2,1-4H3;3H,1H2,2H3. The van der Waals surface area contributed by atoms with Crippen molar-refractivity contribution in [3.05, 3.63) is 12.7 Å². The second kappa shape index (κ2) is 16.0. The van der Waals surface area contributed by atoms with E-state index in [1.165, 1.54) is 51.5 Å². The molecule has 256 valence electrons. The third-order valence-corrected chi connectivity index (χ3v) is 13.2. The van der Waals surface area contributed by atoms with E-state index in [1.54, 1.807) is 0 Å². The van der Waals surface area contributed by atoms with Gasteiger partial charge in [0.15, 0.2) is 5.78 Å². The van der Waals surface area contributed by atoms with Crippen molar-refractivity contribution in [3.8, 4) is 0 Å². The summed E-state index contributed by atoms with van der Waals surface area (Å²) in [5, 5.41) is 6.51. The fraction of sp³-hybridized carbons (Fsp3) is 0.889. The number of likely N-dealkylation sites (tertiary alicyclic amines) is 1. The molecule has 0 aromatic carbocycles. The summed E-state index contributed by atoms with van der Waals surface area (Å²) in [7, 11) is 0. The van der Waals surface area contributed by atoms with Crippen LogP contribution in [-0.2, 0) is 14.3 Å². The van der Waals surface area contributed by atoms with Crippen LogP contribution in [-0.4, -0.2) is 100 Å². The van der Waals surface area contributed by atoms with E-state index in [9.17, 15) is 9.59 Å². The van der Waals surface area contributed by atoms with E-state index in [1.807, 2.05) is 0 Å². The minimum atomic E-state index is 0.0185. The predicted octanol–water partition coefficient (Wildman–Crippen LogP) is 5.51. The molecule has 4 heterocycles. The lowest BCUT2D eigenvalue weighted by Gasteiger charge is -2.49. The summed E-state index contributed by atoms with van der Waals surface area (Å²) in [6, 6.07) is 2.67. The summed E-state index contributed by atoms with van der Waals surface area (Å²) in [5.74, 6) is 2.77. The molecule has 9 atom stereocenters. The molecule has 9 unspecified atom stereocenters. The summed E-state index contributed by atoms with van der Waals surface area (Å²) >= 11 is 3.98. The Morgan fingerprint density at radius 3 is 2.36 bits per heavy atom. The Morgan fingerprint density at radius 2 is 1.78 bits per heavy atom. The van der Waals surface area contributed by atoms with Gasteiger partial charge in [-0.1, -0.05) is 56.6 Å². The van der Waals surface area contributed by atoms with Crippen LogP contribution in [0.1, 0.15) is 105 Å². The van der Waals surface area contributed by atoms with E-state index < -0.39 is 0 Å². The molecule has 2 N–H and O–H groups in total. The van der Waals surface area contributed by atoms with Gasteiger partial charge >= 0.3 is 0 Å². The number of allylic oxidation sites excluding steroid dienone is 1. The van der Waals surface area contributed by atoms with E-state index in [0.717, 1.165) is 70.3 Å². The van der Waals surface area contributed by atoms with Crippen LogP contribution in [0.3, 0.4) is 0 Å². The van der Waals surface area contributed by atoms with Gasteiger partial charge in [-0.05, 0) is 89.0 Å². The van der Waals surface area contributed by atoms with E-state index >= 15 is 0 Å². The van der Waals surface area contributed by atoms with Gasteiger partial charge in [0.25, 0.3) is 0 Å². The Bertz CT molecular complexity index is 1000. The molecule has 6 aliphatic rings. The number of carbonyl (C=O) groups excluding carboxylic acids is 2. The van der Waals surface area contributed by atoms with Gasteiger partial charge in [-0.15, -0.1) is 0 Å². The first-order valence-electron chi connectivity index (χ1n) is 18.4. The summed E-state index contributed by atoms with van der Waals surface area (Å²) in [6.45, 7) is 17.8. The molecule has 0 aromatic heterocycles.